The van der Waals surface area contributed by atoms with Crippen molar-refractivity contribution in [3.8, 4) is 0 Å². The Morgan fingerprint density at radius 2 is 2.00 bits per heavy atom. The Morgan fingerprint density at radius 3 is 2.59 bits per heavy atom. The molecular weight excluding hydrogens is 212 g/mol. The van der Waals surface area contributed by atoms with Crippen molar-refractivity contribution in [1.29, 1.82) is 0 Å². The van der Waals surface area contributed by atoms with Crippen molar-refractivity contribution in [3.63, 3.8) is 0 Å². The van der Waals surface area contributed by atoms with Gasteiger partial charge < -0.3 is 15.3 Å². The number of aliphatic hydroxyl groups is 1. The number of piperidine rings is 1. The van der Waals surface area contributed by atoms with Crippen molar-refractivity contribution in [2.24, 2.45) is 11.8 Å². The predicted molar refractivity (Wildman–Crippen MR) is 71.0 cm³/mol. The SMILES string of the molecule is CC1CCN(CCC(CO)NC2CC2)CC1C. The molecule has 17 heavy (non-hydrogen) atoms. The van der Waals surface area contributed by atoms with Crippen LogP contribution in [0.3, 0.4) is 0 Å². The lowest BCUT2D eigenvalue weighted by Gasteiger charge is -2.35. The highest BCUT2D eigenvalue weighted by Crippen LogP contribution is 2.23. The number of nitrogens with one attached hydrogen (secondary N) is 1. The molecule has 3 heteroatoms. The zero-order chi connectivity index (χ0) is 12.3. The number of likely N-dealkylation sites (tertiary alicyclic amines) is 1. The first-order valence-electron chi connectivity index (χ1n) is 7.28. The number of hydrogen-bond acceptors (Lipinski definition) is 3. The van der Waals surface area contributed by atoms with Gasteiger partial charge in [0.1, 0.15) is 0 Å². The van der Waals surface area contributed by atoms with Crippen LogP contribution in [0.25, 0.3) is 0 Å². The number of nitrogens with zero attached hydrogens (tertiary/aromatic N) is 1. The van der Waals surface area contributed by atoms with Gasteiger partial charge >= 0.3 is 0 Å². The molecule has 2 aliphatic rings. The average Bonchev–Trinajstić information content (AvgIpc) is 3.12. The minimum absolute atomic E-state index is 0.288. The van der Waals surface area contributed by atoms with E-state index in [4.69, 9.17) is 0 Å². The molecule has 2 rings (SSSR count). The van der Waals surface area contributed by atoms with Crippen LogP contribution in [0.5, 0.6) is 0 Å². The van der Waals surface area contributed by atoms with E-state index in [9.17, 15) is 5.11 Å². The molecule has 1 aliphatic carbocycles. The highest BCUT2D eigenvalue weighted by molar-refractivity contribution is 4.85. The summed E-state index contributed by atoms with van der Waals surface area (Å²) in [6, 6.07) is 1.02. The van der Waals surface area contributed by atoms with Gasteiger partial charge in [-0.05, 0) is 50.6 Å². The second-order valence-electron chi connectivity index (χ2n) is 6.15. The van der Waals surface area contributed by atoms with E-state index in [2.05, 4.69) is 24.1 Å². The van der Waals surface area contributed by atoms with E-state index in [1.807, 2.05) is 0 Å². The summed E-state index contributed by atoms with van der Waals surface area (Å²) in [6.07, 6.45) is 5.03. The summed E-state index contributed by atoms with van der Waals surface area (Å²) in [5, 5.41) is 12.9. The molecule has 2 fully saturated rings. The van der Waals surface area contributed by atoms with E-state index >= 15 is 0 Å². The molecule has 2 N–H and O–H groups in total. The first kappa shape index (κ1) is 13.3. The van der Waals surface area contributed by atoms with Crippen LogP contribution in [-0.4, -0.2) is 48.3 Å². The maximum Gasteiger partial charge on any atom is 0.0585 e. The van der Waals surface area contributed by atoms with E-state index in [1.165, 1.54) is 32.4 Å². The summed E-state index contributed by atoms with van der Waals surface area (Å²) >= 11 is 0. The Kier molecular flexibility index (Phi) is 4.83. The summed E-state index contributed by atoms with van der Waals surface area (Å²) in [4.78, 5) is 2.57. The van der Waals surface area contributed by atoms with Crippen LogP contribution in [0.15, 0.2) is 0 Å². The smallest absolute Gasteiger partial charge is 0.0585 e. The van der Waals surface area contributed by atoms with Gasteiger partial charge in [0.15, 0.2) is 0 Å². The lowest BCUT2D eigenvalue weighted by molar-refractivity contribution is 0.127. The molecule has 1 saturated heterocycles. The van der Waals surface area contributed by atoms with Gasteiger partial charge in [0.25, 0.3) is 0 Å². The lowest BCUT2D eigenvalue weighted by atomic mass is 9.88. The molecule has 3 unspecified atom stereocenters. The van der Waals surface area contributed by atoms with Gasteiger partial charge in [0, 0.05) is 18.6 Å². The summed E-state index contributed by atoms with van der Waals surface area (Å²) in [5.41, 5.74) is 0. The second kappa shape index (κ2) is 6.17. The summed E-state index contributed by atoms with van der Waals surface area (Å²) < 4.78 is 0. The molecule has 3 atom stereocenters. The molecular formula is C14H28N2O. The molecule has 1 heterocycles. The zero-order valence-electron chi connectivity index (χ0n) is 11.4. The van der Waals surface area contributed by atoms with E-state index in [0.717, 1.165) is 24.8 Å². The van der Waals surface area contributed by atoms with Crippen molar-refractivity contribution in [3.05, 3.63) is 0 Å². The van der Waals surface area contributed by atoms with E-state index < -0.39 is 0 Å². The molecule has 0 spiro atoms. The highest BCUT2D eigenvalue weighted by Gasteiger charge is 2.26. The molecule has 0 aromatic carbocycles. The second-order valence-corrected chi connectivity index (χ2v) is 6.15. The fourth-order valence-corrected chi connectivity index (χ4v) is 2.70. The first-order chi connectivity index (χ1) is 8.19. The van der Waals surface area contributed by atoms with Gasteiger partial charge in [-0.2, -0.15) is 0 Å². The maximum atomic E-state index is 9.35. The van der Waals surface area contributed by atoms with Crippen LogP contribution >= 0.6 is 0 Å². The summed E-state index contributed by atoms with van der Waals surface area (Å²) in [6.45, 7) is 8.64. The van der Waals surface area contributed by atoms with Crippen LogP contribution in [-0.2, 0) is 0 Å². The van der Waals surface area contributed by atoms with Gasteiger partial charge in [0.2, 0.25) is 0 Å². The maximum absolute atomic E-state index is 9.35. The Hall–Kier alpha value is -0.120. The van der Waals surface area contributed by atoms with Crippen molar-refractivity contribution in [2.45, 2.75) is 51.6 Å². The van der Waals surface area contributed by atoms with Crippen LogP contribution in [0.2, 0.25) is 0 Å². The standard InChI is InChI=1S/C14H28N2O/c1-11-5-7-16(9-12(11)2)8-6-14(10-17)15-13-3-4-13/h11-15,17H,3-10H2,1-2H3. The van der Waals surface area contributed by atoms with Crippen LogP contribution in [0.1, 0.15) is 39.5 Å². The van der Waals surface area contributed by atoms with Gasteiger partial charge in [-0.25, -0.2) is 0 Å². The molecule has 0 aromatic heterocycles. The molecule has 0 bridgehead atoms. The molecule has 1 saturated carbocycles. The van der Waals surface area contributed by atoms with Gasteiger partial charge in [-0.3, -0.25) is 0 Å². The monoisotopic (exact) mass is 240 g/mol. The molecule has 0 amide bonds. The number of rotatable bonds is 6. The van der Waals surface area contributed by atoms with Crippen molar-refractivity contribution in [1.82, 2.24) is 10.2 Å². The molecule has 0 radical (unpaired) electrons. The normalized spacial score (nSPS) is 32.6. The minimum Gasteiger partial charge on any atom is -0.395 e. The largest absolute Gasteiger partial charge is 0.395 e. The Morgan fingerprint density at radius 1 is 1.24 bits per heavy atom. The third-order valence-corrected chi connectivity index (χ3v) is 4.48. The van der Waals surface area contributed by atoms with Gasteiger partial charge in [0.05, 0.1) is 6.61 Å². The Labute approximate surface area is 106 Å². The third-order valence-electron chi connectivity index (χ3n) is 4.48. The van der Waals surface area contributed by atoms with Gasteiger partial charge in [-0.1, -0.05) is 13.8 Å². The van der Waals surface area contributed by atoms with Crippen LogP contribution in [0, 0.1) is 11.8 Å². The average molecular weight is 240 g/mol. The highest BCUT2D eigenvalue weighted by atomic mass is 16.3. The van der Waals surface area contributed by atoms with Crippen molar-refractivity contribution >= 4 is 0 Å². The Bertz CT molecular complexity index is 230. The number of hydrogen-bond donors (Lipinski definition) is 2. The first-order valence-corrected chi connectivity index (χ1v) is 7.28. The summed E-state index contributed by atoms with van der Waals surface area (Å²) in [5.74, 6) is 1.71. The van der Waals surface area contributed by atoms with Crippen LogP contribution < -0.4 is 5.32 Å². The fourth-order valence-electron chi connectivity index (χ4n) is 2.70. The predicted octanol–water partition coefficient (Wildman–Crippen LogP) is 1.47. The zero-order valence-corrected chi connectivity index (χ0v) is 11.4. The van der Waals surface area contributed by atoms with E-state index in [0.29, 0.717) is 12.1 Å². The van der Waals surface area contributed by atoms with Gasteiger partial charge in [-0.15, -0.1) is 0 Å². The Balaban J connectivity index is 1.65. The van der Waals surface area contributed by atoms with Crippen molar-refractivity contribution in [2.75, 3.05) is 26.2 Å². The summed E-state index contributed by atoms with van der Waals surface area (Å²) in [7, 11) is 0. The third kappa shape index (κ3) is 4.23. The molecule has 0 aromatic rings. The quantitative estimate of drug-likeness (QED) is 0.738. The molecule has 3 nitrogen and oxygen atoms in total. The van der Waals surface area contributed by atoms with E-state index in [-0.39, 0.29) is 6.61 Å². The fraction of sp³-hybridized carbons (Fsp3) is 1.00. The van der Waals surface area contributed by atoms with E-state index in [1.54, 1.807) is 0 Å². The minimum atomic E-state index is 0.288. The molecule has 100 valence electrons. The van der Waals surface area contributed by atoms with Crippen LogP contribution in [0.4, 0.5) is 0 Å². The van der Waals surface area contributed by atoms with Crippen molar-refractivity contribution < 1.29 is 5.11 Å². The lowest BCUT2D eigenvalue weighted by Crippen LogP contribution is -2.42. The molecule has 1 aliphatic heterocycles. The topological polar surface area (TPSA) is 35.5 Å². The number of aliphatic hydroxyl groups excluding tert-OH is 1.